The lowest BCUT2D eigenvalue weighted by atomic mass is 9.93. The van der Waals surface area contributed by atoms with Crippen LogP contribution in [0.1, 0.15) is 46.5 Å². The van der Waals surface area contributed by atoms with Crippen LogP contribution in [-0.2, 0) is 0 Å². The number of nitrogens with zero attached hydrogens (tertiary/aromatic N) is 1. The van der Waals surface area contributed by atoms with Crippen molar-refractivity contribution in [3.8, 4) is 0 Å². The van der Waals surface area contributed by atoms with Crippen LogP contribution in [0.15, 0.2) is 0 Å². The highest BCUT2D eigenvalue weighted by Crippen LogP contribution is 2.36. The van der Waals surface area contributed by atoms with Gasteiger partial charge >= 0.3 is 0 Å². The second-order valence-corrected chi connectivity index (χ2v) is 5.82. The van der Waals surface area contributed by atoms with Crippen molar-refractivity contribution < 1.29 is 0 Å². The zero-order chi connectivity index (χ0) is 11.5. The second-order valence-electron chi connectivity index (χ2n) is 5.82. The molecule has 2 heteroatoms. The van der Waals surface area contributed by atoms with Gasteiger partial charge in [0.05, 0.1) is 0 Å². The van der Waals surface area contributed by atoms with Gasteiger partial charge in [-0.05, 0) is 44.2 Å². The SMILES string of the molecule is CCCC1CC1NC1CCN(CC)CC1C. The van der Waals surface area contributed by atoms with Gasteiger partial charge in [-0.1, -0.05) is 27.2 Å². The molecule has 2 rings (SSSR count). The van der Waals surface area contributed by atoms with Crippen LogP contribution >= 0.6 is 0 Å². The molecule has 1 aliphatic heterocycles. The summed E-state index contributed by atoms with van der Waals surface area (Å²) in [6.07, 6.45) is 5.57. The first-order valence-electron chi connectivity index (χ1n) is 7.23. The molecule has 4 unspecified atom stereocenters. The van der Waals surface area contributed by atoms with E-state index in [4.69, 9.17) is 0 Å². The topological polar surface area (TPSA) is 15.3 Å². The minimum Gasteiger partial charge on any atom is -0.311 e. The molecular formula is C14H28N2. The van der Waals surface area contributed by atoms with Gasteiger partial charge in [0.2, 0.25) is 0 Å². The Morgan fingerprint density at radius 2 is 2.06 bits per heavy atom. The van der Waals surface area contributed by atoms with Gasteiger partial charge in [0.15, 0.2) is 0 Å². The van der Waals surface area contributed by atoms with E-state index >= 15 is 0 Å². The average Bonchev–Trinajstić information content (AvgIpc) is 3.00. The van der Waals surface area contributed by atoms with Crippen molar-refractivity contribution in [2.75, 3.05) is 19.6 Å². The van der Waals surface area contributed by atoms with Crippen LogP contribution in [0.25, 0.3) is 0 Å². The van der Waals surface area contributed by atoms with Crippen molar-refractivity contribution in [2.45, 2.75) is 58.5 Å². The van der Waals surface area contributed by atoms with Crippen molar-refractivity contribution in [3.63, 3.8) is 0 Å². The van der Waals surface area contributed by atoms with Crippen LogP contribution in [0.4, 0.5) is 0 Å². The molecule has 4 atom stereocenters. The van der Waals surface area contributed by atoms with Gasteiger partial charge in [0.1, 0.15) is 0 Å². The highest BCUT2D eigenvalue weighted by molar-refractivity contribution is 4.96. The Balaban J connectivity index is 1.71. The van der Waals surface area contributed by atoms with Gasteiger partial charge in [0.25, 0.3) is 0 Å². The molecule has 0 aromatic carbocycles. The molecule has 16 heavy (non-hydrogen) atoms. The van der Waals surface area contributed by atoms with Crippen LogP contribution in [0, 0.1) is 11.8 Å². The minimum absolute atomic E-state index is 0.787. The maximum absolute atomic E-state index is 3.90. The van der Waals surface area contributed by atoms with E-state index in [0.717, 1.165) is 23.9 Å². The van der Waals surface area contributed by atoms with E-state index in [1.165, 1.54) is 45.3 Å². The molecule has 1 aliphatic carbocycles. The van der Waals surface area contributed by atoms with Gasteiger partial charge < -0.3 is 10.2 Å². The molecule has 1 saturated heterocycles. The summed E-state index contributed by atoms with van der Waals surface area (Å²) in [5.41, 5.74) is 0. The number of hydrogen-bond acceptors (Lipinski definition) is 2. The molecule has 0 amide bonds. The first-order chi connectivity index (χ1) is 7.74. The minimum atomic E-state index is 0.787. The Hall–Kier alpha value is -0.0800. The Labute approximate surface area is 101 Å². The summed E-state index contributed by atoms with van der Waals surface area (Å²) in [4.78, 5) is 2.58. The number of likely N-dealkylation sites (tertiary alicyclic amines) is 1. The number of rotatable bonds is 5. The maximum atomic E-state index is 3.90. The molecule has 1 heterocycles. The van der Waals surface area contributed by atoms with E-state index in [0.29, 0.717) is 0 Å². The molecule has 2 fully saturated rings. The van der Waals surface area contributed by atoms with Crippen molar-refractivity contribution in [1.82, 2.24) is 10.2 Å². The maximum Gasteiger partial charge on any atom is 0.0120 e. The zero-order valence-corrected chi connectivity index (χ0v) is 11.2. The molecule has 2 nitrogen and oxygen atoms in total. The summed E-state index contributed by atoms with van der Waals surface area (Å²) in [6.45, 7) is 10.8. The number of hydrogen-bond donors (Lipinski definition) is 1. The van der Waals surface area contributed by atoms with E-state index in [-0.39, 0.29) is 0 Å². The number of piperidine rings is 1. The van der Waals surface area contributed by atoms with Crippen molar-refractivity contribution in [3.05, 3.63) is 0 Å². The van der Waals surface area contributed by atoms with Crippen LogP contribution in [0.2, 0.25) is 0 Å². The predicted molar refractivity (Wildman–Crippen MR) is 69.6 cm³/mol. The lowest BCUT2D eigenvalue weighted by molar-refractivity contribution is 0.151. The van der Waals surface area contributed by atoms with Gasteiger partial charge in [-0.25, -0.2) is 0 Å². The Bertz CT molecular complexity index is 217. The predicted octanol–water partition coefficient (Wildman–Crippen LogP) is 2.49. The Kier molecular flexibility index (Phi) is 4.26. The monoisotopic (exact) mass is 224 g/mol. The molecular weight excluding hydrogens is 196 g/mol. The normalized spacial score (nSPS) is 39.9. The van der Waals surface area contributed by atoms with Gasteiger partial charge in [0, 0.05) is 18.6 Å². The molecule has 0 radical (unpaired) electrons. The third-order valence-corrected chi connectivity index (χ3v) is 4.45. The van der Waals surface area contributed by atoms with Crippen LogP contribution in [0.3, 0.4) is 0 Å². The fourth-order valence-corrected chi connectivity index (χ4v) is 3.18. The fraction of sp³-hybridized carbons (Fsp3) is 1.00. The fourth-order valence-electron chi connectivity index (χ4n) is 3.18. The van der Waals surface area contributed by atoms with E-state index in [9.17, 15) is 0 Å². The van der Waals surface area contributed by atoms with Gasteiger partial charge in [-0.3, -0.25) is 0 Å². The summed E-state index contributed by atoms with van der Waals surface area (Å²) < 4.78 is 0. The van der Waals surface area contributed by atoms with Crippen molar-refractivity contribution in [2.24, 2.45) is 11.8 Å². The molecule has 0 aromatic rings. The van der Waals surface area contributed by atoms with E-state index in [1.54, 1.807) is 0 Å². The molecule has 0 spiro atoms. The van der Waals surface area contributed by atoms with E-state index < -0.39 is 0 Å². The summed E-state index contributed by atoms with van der Waals surface area (Å²) in [7, 11) is 0. The first kappa shape index (κ1) is 12.4. The quantitative estimate of drug-likeness (QED) is 0.772. The smallest absolute Gasteiger partial charge is 0.0120 e. The summed E-state index contributed by atoms with van der Waals surface area (Å²) in [5.74, 6) is 1.83. The molecule has 0 aromatic heterocycles. The van der Waals surface area contributed by atoms with Gasteiger partial charge in [-0.15, -0.1) is 0 Å². The number of nitrogens with one attached hydrogen (secondary N) is 1. The van der Waals surface area contributed by atoms with E-state index in [2.05, 4.69) is 31.0 Å². The van der Waals surface area contributed by atoms with Crippen molar-refractivity contribution in [1.29, 1.82) is 0 Å². The summed E-state index contributed by atoms with van der Waals surface area (Å²) in [6, 6.07) is 1.65. The van der Waals surface area contributed by atoms with Crippen LogP contribution in [-0.4, -0.2) is 36.6 Å². The first-order valence-corrected chi connectivity index (χ1v) is 7.23. The lowest BCUT2D eigenvalue weighted by Crippen LogP contribution is -2.49. The van der Waals surface area contributed by atoms with Gasteiger partial charge in [-0.2, -0.15) is 0 Å². The zero-order valence-electron chi connectivity index (χ0n) is 11.2. The van der Waals surface area contributed by atoms with E-state index in [1.807, 2.05) is 0 Å². The standard InChI is InChI=1S/C14H28N2/c1-4-6-12-9-14(12)15-13-7-8-16(5-2)10-11(13)3/h11-15H,4-10H2,1-3H3. The third kappa shape index (κ3) is 2.98. The molecule has 2 aliphatic rings. The Morgan fingerprint density at radius 3 is 2.69 bits per heavy atom. The molecule has 1 saturated carbocycles. The highest BCUT2D eigenvalue weighted by atomic mass is 15.2. The lowest BCUT2D eigenvalue weighted by Gasteiger charge is -2.37. The highest BCUT2D eigenvalue weighted by Gasteiger charge is 2.38. The summed E-state index contributed by atoms with van der Waals surface area (Å²) in [5, 5.41) is 3.90. The molecule has 94 valence electrons. The largest absolute Gasteiger partial charge is 0.311 e. The summed E-state index contributed by atoms with van der Waals surface area (Å²) >= 11 is 0. The van der Waals surface area contributed by atoms with Crippen LogP contribution in [0.5, 0.6) is 0 Å². The van der Waals surface area contributed by atoms with Crippen molar-refractivity contribution >= 4 is 0 Å². The Morgan fingerprint density at radius 1 is 1.25 bits per heavy atom. The molecule has 0 bridgehead atoms. The third-order valence-electron chi connectivity index (χ3n) is 4.45. The molecule has 1 N–H and O–H groups in total. The average molecular weight is 224 g/mol. The second kappa shape index (κ2) is 5.50. The van der Waals surface area contributed by atoms with Crippen LogP contribution < -0.4 is 5.32 Å².